The third-order valence-electron chi connectivity index (χ3n) is 6.34. The van der Waals surface area contributed by atoms with Crippen molar-refractivity contribution in [2.24, 2.45) is 0 Å². The highest BCUT2D eigenvalue weighted by Crippen LogP contribution is 2.29. The van der Waals surface area contributed by atoms with Gasteiger partial charge in [0.15, 0.2) is 6.23 Å². The van der Waals surface area contributed by atoms with Gasteiger partial charge in [0.1, 0.15) is 5.82 Å². The Kier molecular flexibility index (Phi) is 7.27. The maximum Gasteiger partial charge on any atom is 0.253 e. The molecule has 1 unspecified atom stereocenters. The van der Waals surface area contributed by atoms with Crippen LogP contribution in [0.3, 0.4) is 0 Å². The second-order valence-corrected chi connectivity index (χ2v) is 9.34. The summed E-state index contributed by atoms with van der Waals surface area (Å²) in [7, 11) is 0. The van der Waals surface area contributed by atoms with E-state index in [1.807, 2.05) is 22.9 Å². The number of nitrogens with one attached hydrogen (secondary N) is 1. The van der Waals surface area contributed by atoms with Crippen LogP contribution in [0.4, 0.5) is 4.39 Å². The average Bonchev–Trinajstić information content (AvgIpc) is 3.26. The zero-order valence-electron chi connectivity index (χ0n) is 19.6. The fourth-order valence-corrected chi connectivity index (χ4v) is 4.64. The molecular formula is C27H26ClFN4O3. The molecular weight excluding hydrogens is 483 g/mol. The Bertz CT molecular complexity index is 1400. The van der Waals surface area contributed by atoms with Crippen molar-refractivity contribution in [2.75, 3.05) is 6.61 Å². The third kappa shape index (κ3) is 5.26. The number of ether oxygens (including phenoxy) is 1. The van der Waals surface area contributed by atoms with Crippen LogP contribution in [0, 0.1) is 5.82 Å². The highest BCUT2D eigenvalue weighted by atomic mass is 35.5. The Labute approximate surface area is 212 Å². The first-order valence-electron chi connectivity index (χ1n) is 11.9. The normalized spacial score (nSPS) is 15.8. The van der Waals surface area contributed by atoms with Crippen molar-refractivity contribution in [3.8, 4) is 0 Å². The van der Waals surface area contributed by atoms with E-state index in [1.54, 1.807) is 24.4 Å². The maximum atomic E-state index is 14.3. The monoisotopic (exact) mass is 508 g/mol. The van der Waals surface area contributed by atoms with Crippen LogP contribution in [0.1, 0.15) is 58.2 Å². The Morgan fingerprint density at radius 3 is 2.83 bits per heavy atom. The summed E-state index contributed by atoms with van der Waals surface area (Å²) in [6.07, 6.45) is 6.22. The molecule has 1 aliphatic heterocycles. The number of hydrogen-bond acceptors (Lipinski definition) is 5. The topological polar surface area (TPSA) is 89.3 Å². The van der Waals surface area contributed by atoms with Gasteiger partial charge in [0, 0.05) is 35.8 Å². The quantitative estimate of drug-likeness (QED) is 0.369. The van der Waals surface area contributed by atoms with Crippen molar-refractivity contribution in [3.05, 3.63) is 93.6 Å². The van der Waals surface area contributed by atoms with Crippen molar-refractivity contribution < 1.29 is 19.0 Å². The minimum absolute atomic E-state index is 0.139. The van der Waals surface area contributed by atoms with Crippen LogP contribution in [0.2, 0.25) is 5.02 Å². The molecule has 1 fully saturated rings. The molecule has 0 spiro atoms. The van der Waals surface area contributed by atoms with Gasteiger partial charge in [-0.2, -0.15) is 5.10 Å². The highest BCUT2D eigenvalue weighted by Gasteiger charge is 2.21. The van der Waals surface area contributed by atoms with E-state index in [0.29, 0.717) is 39.6 Å². The van der Waals surface area contributed by atoms with E-state index in [0.717, 1.165) is 30.2 Å². The molecule has 2 N–H and O–H groups in total. The van der Waals surface area contributed by atoms with E-state index in [4.69, 9.17) is 21.4 Å². The molecule has 36 heavy (non-hydrogen) atoms. The van der Waals surface area contributed by atoms with Crippen LogP contribution in [0.5, 0.6) is 0 Å². The van der Waals surface area contributed by atoms with Gasteiger partial charge in [-0.05, 0) is 66.3 Å². The molecule has 0 bridgehead atoms. The van der Waals surface area contributed by atoms with Crippen LogP contribution in [0.25, 0.3) is 10.9 Å². The van der Waals surface area contributed by atoms with E-state index in [-0.39, 0.29) is 31.7 Å². The van der Waals surface area contributed by atoms with E-state index in [2.05, 4.69) is 10.3 Å². The summed E-state index contributed by atoms with van der Waals surface area (Å²) in [4.78, 5) is 17.1. The van der Waals surface area contributed by atoms with E-state index in [9.17, 15) is 14.3 Å². The number of aliphatic hydroxyl groups excluding tert-OH is 1. The summed E-state index contributed by atoms with van der Waals surface area (Å²) >= 11 is 6.25. The molecule has 7 nitrogen and oxygen atoms in total. The van der Waals surface area contributed by atoms with Crippen LogP contribution in [-0.2, 0) is 24.3 Å². The number of benzene rings is 2. The van der Waals surface area contributed by atoms with Crippen molar-refractivity contribution >= 4 is 28.4 Å². The van der Waals surface area contributed by atoms with Crippen LogP contribution >= 0.6 is 11.6 Å². The second kappa shape index (κ2) is 10.7. The molecule has 1 aliphatic rings. The lowest BCUT2D eigenvalue weighted by Gasteiger charge is -2.23. The first-order chi connectivity index (χ1) is 17.5. The SMILES string of the molecule is O=C(NCc1nn(C2CCCCO2)c2ccc(Cl)cc12)c1cncc(Cc2ccc(CO)cc2F)c1. The van der Waals surface area contributed by atoms with Gasteiger partial charge in [-0.3, -0.25) is 9.78 Å². The van der Waals surface area contributed by atoms with Gasteiger partial charge in [-0.1, -0.05) is 23.7 Å². The smallest absolute Gasteiger partial charge is 0.253 e. The number of carbonyl (C=O) groups excluding carboxylic acids is 1. The highest BCUT2D eigenvalue weighted by molar-refractivity contribution is 6.31. The number of rotatable bonds is 7. The van der Waals surface area contributed by atoms with Crippen LogP contribution in [-0.4, -0.2) is 32.4 Å². The van der Waals surface area contributed by atoms with Crippen molar-refractivity contribution in [1.29, 1.82) is 0 Å². The zero-order chi connectivity index (χ0) is 25.1. The lowest BCUT2D eigenvalue weighted by atomic mass is 10.0. The fraction of sp³-hybridized carbons (Fsp3) is 0.296. The predicted molar refractivity (Wildman–Crippen MR) is 134 cm³/mol. The Balaban J connectivity index is 1.32. The zero-order valence-corrected chi connectivity index (χ0v) is 20.3. The van der Waals surface area contributed by atoms with Gasteiger partial charge in [-0.15, -0.1) is 0 Å². The largest absolute Gasteiger partial charge is 0.392 e. The molecule has 4 aromatic rings. The number of nitrogens with zero attached hydrogens (tertiary/aromatic N) is 3. The van der Waals surface area contributed by atoms with Crippen molar-refractivity contribution in [2.45, 2.75) is 45.1 Å². The Morgan fingerprint density at radius 1 is 1.17 bits per heavy atom. The molecule has 0 radical (unpaired) electrons. The minimum Gasteiger partial charge on any atom is -0.392 e. The fourth-order valence-electron chi connectivity index (χ4n) is 4.47. The molecule has 3 heterocycles. The predicted octanol–water partition coefficient (Wildman–Crippen LogP) is 4.94. The summed E-state index contributed by atoms with van der Waals surface area (Å²) in [5, 5.41) is 18.3. The molecule has 1 saturated heterocycles. The lowest BCUT2D eigenvalue weighted by Crippen LogP contribution is -2.24. The second-order valence-electron chi connectivity index (χ2n) is 8.90. The van der Waals surface area contributed by atoms with Gasteiger partial charge in [0.05, 0.1) is 29.9 Å². The maximum absolute atomic E-state index is 14.3. The lowest BCUT2D eigenvalue weighted by molar-refractivity contribution is -0.0369. The summed E-state index contributed by atoms with van der Waals surface area (Å²) in [5.74, 6) is -0.710. The van der Waals surface area contributed by atoms with Gasteiger partial charge >= 0.3 is 0 Å². The molecule has 2 aromatic carbocycles. The number of pyridine rings is 1. The van der Waals surface area contributed by atoms with E-state index >= 15 is 0 Å². The number of halogens is 2. The molecule has 2 aromatic heterocycles. The number of aromatic nitrogens is 3. The Morgan fingerprint density at radius 2 is 2.06 bits per heavy atom. The van der Waals surface area contributed by atoms with Crippen molar-refractivity contribution in [3.63, 3.8) is 0 Å². The number of amides is 1. The molecule has 5 rings (SSSR count). The summed E-state index contributed by atoms with van der Waals surface area (Å²) in [6.45, 7) is 0.684. The van der Waals surface area contributed by atoms with Gasteiger partial charge in [0.2, 0.25) is 0 Å². The van der Waals surface area contributed by atoms with E-state index in [1.165, 1.54) is 12.3 Å². The van der Waals surface area contributed by atoms with Crippen molar-refractivity contribution in [1.82, 2.24) is 20.1 Å². The average molecular weight is 509 g/mol. The molecule has 0 aliphatic carbocycles. The molecule has 1 amide bonds. The first-order valence-corrected chi connectivity index (χ1v) is 12.3. The third-order valence-corrected chi connectivity index (χ3v) is 6.58. The minimum atomic E-state index is -0.403. The standard InChI is InChI=1S/C27H26ClFN4O3/c28-21-6-7-25-22(12-21)24(32-33(25)26-3-1-2-8-36-26)15-31-27(35)20-10-18(13-30-14-20)9-19-5-4-17(16-34)11-23(19)29/h4-7,10-14,26,34H,1-3,8-9,15-16H2,(H,31,35). The number of fused-ring (bicyclic) bond motifs is 1. The summed E-state index contributed by atoms with van der Waals surface area (Å²) in [5.41, 5.74) is 3.66. The summed E-state index contributed by atoms with van der Waals surface area (Å²) < 4.78 is 22.2. The first kappa shape index (κ1) is 24.4. The number of carbonyl (C=O) groups is 1. The van der Waals surface area contributed by atoms with E-state index < -0.39 is 5.82 Å². The Hall–Kier alpha value is -3.33. The summed E-state index contributed by atoms with van der Waals surface area (Å²) in [6, 6.07) is 11.9. The molecule has 186 valence electrons. The number of aliphatic hydroxyl groups is 1. The van der Waals surface area contributed by atoms with Crippen LogP contribution in [0.15, 0.2) is 54.9 Å². The van der Waals surface area contributed by atoms with Gasteiger partial charge in [0.25, 0.3) is 5.91 Å². The molecule has 9 heteroatoms. The van der Waals surface area contributed by atoms with Gasteiger partial charge in [-0.25, -0.2) is 9.07 Å². The molecule has 0 saturated carbocycles. The van der Waals surface area contributed by atoms with Crippen LogP contribution < -0.4 is 5.32 Å². The number of hydrogen-bond donors (Lipinski definition) is 2. The van der Waals surface area contributed by atoms with Gasteiger partial charge < -0.3 is 15.2 Å². The molecule has 1 atom stereocenters.